The number of carbonyl (C=O) groups excluding carboxylic acids is 1. The predicted octanol–water partition coefficient (Wildman–Crippen LogP) is 3.83. The Kier molecular flexibility index (Phi) is 5.71. The monoisotopic (exact) mass is 302 g/mol. The van der Waals surface area contributed by atoms with Gasteiger partial charge in [0.1, 0.15) is 5.60 Å². The highest BCUT2D eigenvalue weighted by Crippen LogP contribution is 2.30. The summed E-state index contributed by atoms with van der Waals surface area (Å²) in [5.74, 6) is -0.0569. The smallest absolute Gasteiger partial charge is 0.316 e. The molecule has 1 N–H and O–H groups in total. The Balaban J connectivity index is 2.61. The maximum Gasteiger partial charge on any atom is 0.316 e. The van der Waals surface area contributed by atoms with Crippen LogP contribution in [0.4, 0.5) is 0 Å². The number of hydrogen-bond acceptors (Lipinski definition) is 4. The van der Waals surface area contributed by atoms with Gasteiger partial charge in [-0.1, -0.05) is 17.7 Å². The van der Waals surface area contributed by atoms with E-state index in [1.54, 1.807) is 25.1 Å². The van der Waals surface area contributed by atoms with Gasteiger partial charge in [0.05, 0.1) is 16.9 Å². The summed E-state index contributed by atoms with van der Waals surface area (Å²) in [7, 11) is 0. The number of carbonyl (C=O) groups is 1. The number of rotatable bonds is 4. The summed E-state index contributed by atoms with van der Waals surface area (Å²) >= 11 is 7.43. The number of hydrogen-bond donors (Lipinski definition) is 1. The highest BCUT2D eigenvalue weighted by atomic mass is 35.5. The van der Waals surface area contributed by atoms with Crippen LogP contribution in [0.2, 0.25) is 5.02 Å². The van der Waals surface area contributed by atoms with Crippen molar-refractivity contribution in [2.24, 2.45) is 0 Å². The molecular formula is C14H19ClO3S. The summed E-state index contributed by atoms with van der Waals surface area (Å²) in [6.45, 7) is 7.18. The number of aliphatic hydroxyl groups excluding tert-OH is 1. The summed E-state index contributed by atoms with van der Waals surface area (Å²) < 4.78 is 5.22. The zero-order valence-electron chi connectivity index (χ0n) is 11.6. The first-order valence-electron chi connectivity index (χ1n) is 6.01. The first kappa shape index (κ1) is 16.3. The zero-order valence-corrected chi connectivity index (χ0v) is 13.1. The normalized spacial score (nSPS) is 13.2. The predicted molar refractivity (Wildman–Crippen MR) is 78.7 cm³/mol. The van der Waals surface area contributed by atoms with Gasteiger partial charge in [0.25, 0.3) is 0 Å². The third kappa shape index (κ3) is 5.85. The van der Waals surface area contributed by atoms with Gasteiger partial charge in [-0.2, -0.15) is 0 Å². The van der Waals surface area contributed by atoms with Crippen molar-refractivity contribution >= 4 is 29.3 Å². The summed E-state index contributed by atoms with van der Waals surface area (Å²) in [5, 5.41) is 9.98. The van der Waals surface area contributed by atoms with Gasteiger partial charge in [-0.25, -0.2) is 0 Å². The van der Waals surface area contributed by atoms with Crippen LogP contribution in [0.5, 0.6) is 0 Å². The van der Waals surface area contributed by atoms with Crippen molar-refractivity contribution in [1.29, 1.82) is 0 Å². The molecular weight excluding hydrogens is 284 g/mol. The molecule has 0 unspecified atom stereocenters. The fourth-order valence-electron chi connectivity index (χ4n) is 1.40. The minimum atomic E-state index is -0.553. The zero-order chi connectivity index (χ0) is 14.6. The van der Waals surface area contributed by atoms with Crippen LogP contribution in [0.1, 0.15) is 39.4 Å². The highest BCUT2D eigenvalue weighted by molar-refractivity contribution is 8.00. The van der Waals surface area contributed by atoms with E-state index in [-0.39, 0.29) is 11.7 Å². The molecule has 19 heavy (non-hydrogen) atoms. The Morgan fingerprint density at radius 1 is 1.47 bits per heavy atom. The Morgan fingerprint density at radius 2 is 2.11 bits per heavy atom. The largest absolute Gasteiger partial charge is 0.459 e. The second kappa shape index (κ2) is 6.64. The second-order valence-electron chi connectivity index (χ2n) is 5.24. The molecule has 0 heterocycles. The lowest BCUT2D eigenvalue weighted by atomic mass is 10.1. The third-order valence-corrected chi connectivity index (χ3v) is 3.68. The molecule has 0 bridgehead atoms. The molecule has 0 aliphatic heterocycles. The molecule has 5 heteroatoms. The minimum absolute atomic E-state index is 0.213. The average molecular weight is 303 g/mol. The van der Waals surface area contributed by atoms with Crippen molar-refractivity contribution < 1.29 is 14.6 Å². The van der Waals surface area contributed by atoms with Crippen LogP contribution in [-0.4, -0.2) is 22.4 Å². The molecule has 0 radical (unpaired) electrons. The maximum atomic E-state index is 11.6. The van der Waals surface area contributed by atoms with Gasteiger partial charge in [0.2, 0.25) is 0 Å². The number of thioether (sulfide) groups is 1. The summed E-state index contributed by atoms with van der Waals surface area (Å²) in [6, 6.07) is 5.32. The van der Waals surface area contributed by atoms with E-state index in [2.05, 4.69) is 0 Å². The molecule has 1 atom stereocenters. The Morgan fingerprint density at radius 3 is 2.58 bits per heavy atom. The van der Waals surface area contributed by atoms with Crippen molar-refractivity contribution in [2.45, 2.75) is 44.3 Å². The molecule has 0 amide bonds. The van der Waals surface area contributed by atoms with Crippen LogP contribution < -0.4 is 0 Å². The van der Waals surface area contributed by atoms with E-state index in [0.29, 0.717) is 5.02 Å². The summed E-state index contributed by atoms with van der Waals surface area (Å²) in [5.41, 5.74) is 0.282. The van der Waals surface area contributed by atoms with Gasteiger partial charge in [-0.05, 0) is 45.4 Å². The van der Waals surface area contributed by atoms with E-state index in [9.17, 15) is 9.90 Å². The van der Waals surface area contributed by atoms with Crippen LogP contribution >= 0.6 is 23.4 Å². The van der Waals surface area contributed by atoms with Crippen LogP contribution in [0.25, 0.3) is 0 Å². The van der Waals surface area contributed by atoms with Gasteiger partial charge in [-0.15, -0.1) is 11.8 Å². The highest BCUT2D eigenvalue weighted by Gasteiger charge is 2.16. The van der Waals surface area contributed by atoms with Gasteiger partial charge in [0, 0.05) is 4.90 Å². The third-order valence-electron chi connectivity index (χ3n) is 2.20. The van der Waals surface area contributed by atoms with Crippen molar-refractivity contribution in [2.75, 3.05) is 5.75 Å². The van der Waals surface area contributed by atoms with Crippen LogP contribution in [0.15, 0.2) is 23.1 Å². The van der Waals surface area contributed by atoms with Crippen LogP contribution in [0.3, 0.4) is 0 Å². The Hall–Kier alpha value is -0.710. The van der Waals surface area contributed by atoms with Crippen molar-refractivity contribution in [1.82, 2.24) is 0 Å². The lowest BCUT2D eigenvalue weighted by Gasteiger charge is -2.19. The molecule has 3 nitrogen and oxygen atoms in total. The Bertz CT molecular complexity index is 452. The second-order valence-corrected chi connectivity index (χ2v) is 6.67. The molecule has 0 aromatic heterocycles. The van der Waals surface area contributed by atoms with Gasteiger partial charge >= 0.3 is 5.97 Å². The quantitative estimate of drug-likeness (QED) is 0.678. The van der Waals surface area contributed by atoms with E-state index in [1.165, 1.54) is 11.8 Å². The molecule has 1 rings (SSSR count). The van der Waals surface area contributed by atoms with Gasteiger partial charge < -0.3 is 9.84 Å². The first-order valence-corrected chi connectivity index (χ1v) is 7.37. The molecule has 0 spiro atoms. The van der Waals surface area contributed by atoms with E-state index in [0.717, 1.165) is 10.5 Å². The number of esters is 1. The van der Waals surface area contributed by atoms with Crippen LogP contribution in [0, 0.1) is 0 Å². The van der Waals surface area contributed by atoms with E-state index >= 15 is 0 Å². The average Bonchev–Trinajstić information content (AvgIpc) is 2.24. The van der Waals surface area contributed by atoms with E-state index in [1.807, 2.05) is 20.8 Å². The molecule has 1 aromatic rings. The molecule has 1 aromatic carbocycles. The minimum Gasteiger partial charge on any atom is -0.459 e. The molecule has 0 aliphatic carbocycles. The molecule has 0 saturated carbocycles. The topological polar surface area (TPSA) is 46.5 Å². The number of ether oxygens (including phenoxy) is 1. The van der Waals surface area contributed by atoms with E-state index < -0.39 is 11.7 Å². The van der Waals surface area contributed by atoms with Gasteiger partial charge in [-0.3, -0.25) is 4.79 Å². The van der Waals surface area contributed by atoms with E-state index in [4.69, 9.17) is 16.3 Å². The fraction of sp³-hybridized carbons (Fsp3) is 0.500. The number of benzene rings is 1. The molecule has 0 fully saturated rings. The standard InChI is InChI=1S/C14H19ClO3S/c1-9(16)10-5-6-12(11(15)7-10)19-8-13(17)18-14(2,3)4/h5-7,9,16H,8H2,1-4H3/t9-/m0/s1. The molecule has 106 valence electrons. The lowest BCUT2D eigenvalue weighted by Crippen LogP contribution is -2.24. The molecule has 0 aliphatic rings. The van der Waals surface area contributed by atoms with Crippen molar-refractivity contribution in [3.05, 3.63) is 28.8 Å². The van der Waals surface area contributed by atoms with Crippen LogP contribution in [-0.2, 0) is 9.53 Å². The summed E-state index contributed by atoms with van der Waals surface area (Å²) in [6.07, 6.45) is -0.553. The van der Waals surface area contributed by atoms with Gasteiger partial charge in [0.15, 0.2) is 0 Å². The number of aliphatic hydroxyl groups is 1. The fourth-order valence-corrected chi connectivity index (χ4v) is 2.45. The Labute approximate surface area is 123 Å². The van der Waals surface area contributed by atoms with Crippen molar-refractivity contribution in [3.63, 3.8) is 0 Å². The lowest BCUT2D eigenvalue weighted by molar-refractivity contribution is -0.151. The molecule has 0 saturated heterocycles. The maximum absolute atomic E-state index is 11.6. The number of halogens is 1. The SMILES string of the molecule is C[C@H](O)c1ccc(SCC(=O)OC(C)(C)C)c(Cl)c1. The first-order chi connectivity index (χ1) is 8.69. The summed E-state index contributed by atoms with van der Waals surface area (Å²) in [4.78, 5) is 12.4. The van der Waals surface area contributed by atoms with Crippen molar-refractivity contribution in [3.8, 4) is 0 Å².